The smallest absolute Gasteiger partial charge is 0.274 e. The summed E-state index contributed by atoms with van der Waals surface area (Å²) in [5, 5.41) is 4.04. The molecular formula is C28H37FN4O3. The maximum atomic E-state index is 14.5. The van der Waals surface area contributed by atoms with Crippen LogP contribution in [0.5, 0.6) is 5.75 Å². The molecule has 0 spiro atoms. The van der Waals surface area contributed by atoms with Crippen molar-refractivity contribution >= 4 is 16.8 Å². The van der Waals surface area contributed by atoms with E-state index in [4.69, 9.17) is 9.47 Å². The van der Waals surface area contributed by atoms with Crippen molar-refractivity contribution in [3.63, 3.8) is 0 Å². The summed E-state index contributed by atoms with van der Waals surface area (Å²) in [5.74, 6) is -0.00999. The molecular weight excluding hydrogens is 459 g/mol. The number of fused-ring (bicyclic) bond motifs is 1. The first-order valence-corrected chi connectivity index (χ1v) is 12.9. The van der Waals surface area contributed by atoms with Gasteiger partial charge in [0.05, 0.1) is 5.52 Å². The van der Waals surface area contributed by atoms with Crippen molar-refractivity contribution in [3.8, 4) is 5.75 Å². The summed E-state index contributed by atoms with van der Waals surface area (Å²) < 4.78 is 28.0. The number of pyridine rings is 1. The Morgan fingerprint density at radius 3 is 2.86 bits per heavy atom. The number of ether oxygens (including phenoxy) is 2. The third-order valence-corrected chi connectivity index (χ3v) is 6.72. The summed E-state index contributed by atoms with van der Waals surface area (Å²) in [5.41, 5.74) is 2.16. The molecule has 1 fully saturated rings. The first-order chi connectivity index (χ1) is 17.5. The van der Waals surface area contributed by atoms with Gasteiger partial charge in [0.2, 0.25) is 0 Å². The van der Waals surface area contributed by atoms with E-state index < -0.39 is 0 Å². The van der Waals surface area contributed by atoms with Crippen LogP contribution in [0.4, 0.5) is 4.39 Å². The fourth-order valence-electron chi connectivity index (χ4n) is 5.06. The van der Waals surface area contributed by atoms with Gasteiger partial charge in [-0.15, -0.1) is 0 Å². The SMILES string of the molecule is COCCCCn1c(C(=O)N(C(C)C)[C@@H]2CCCNC2)c(OCc2cccnc2)c2cc(F)ccc21. The van der Waals surface area contributed by atoms with Crippen molar-refractivity contribution in [1.82, 2.24) is 19.8 Å². The number of rotatable bonds is 11. The minimum Gasteiger partial charge on any atom is -0.486 e. The van der Waals surface area contributed by atoms with E-state index in [0.29, 0.717) is 30.0 Å². The molecule has 0 saturated carbocycles. The molecule has 1 aliphatic heterocycles. The van der Waals surface area contributed by atoms with Crippen LogP contribution in [-0.4, -0.2) is 59.2 Å². The van der Waals surface area contributed by atoms with Crippen LogP contribution < -0.4 is 10.1 Å². The van der Waals surface area contributed by atoms with E-state index in [0.717, 1.165) is 49.9 Å². The number of hydrogen-bond donors (Lipinski definition) is 1. The highest BCUT2D eigenvalue weighted by atomic mass is 19.1. The highest BCUT2D eigenvalue weighted by molar-refractivity contribution is 6.04. The Kier molecular flexibility index (Phi) is 8.93. The zero-order chi connectivity index (χ0) is 25.5. The van der Waals surface area contributed by atoms with E-state index in [1.165, 1.54) is 12.1 Å². The molecule has 3 heterocycles. The number of hydrogen-bond acceptors (Lipinski definition) is 5. The summed E-state index contributed by atoms with van der Waals surface area (Å²) in [7, 11) is 1.69. The van der Waals surface area contributed by atoms with Crippen LogP contribution in [0.3, 0.4) is 0 Å². The Hall–Kier alpha value is -2.97. The molecule has 7 nitrogen and oxygen atoms in total. The van der Waals surface area contributed by atoms with Gasteiger partial charge in [0.15, 0.2) is 11.4 Å². The normalized spacial score (nSPS) is 16.0. The van der Waals surface area contributed by atoms with Crippen LogP contribution in [0.2, 0.25) is 0 Å². The second kappa shape index (κ2) is 12.3. The van der Waals surface area contributed by atoms with Gasteiger partial charge < -0.3 is 24.3 Å². The summed E-state index contributed by atoms with van der Waals surface area (Å²) in [4.78, 5) is 20.5. The fraction of sp³-hybridized carbons (Fsp3) is 0.500. The van der Waals surface area contributed by atoms with Gasteiger partial charge in [-0.25, -0.2) is 4.39 Å². The van der Waals surface area contributed by atoms with Gasteiger partial charge in [-0.1, -0.05) is 6.07 Å². The largest absolute Gasteiger partial charge is 0.486 e. The topological polar surface area (TPSA) is 68.6 Å². The number of carbonyl (C=O) groups is 1. The van der Waals surface area contributed by atoms with Crippen LogP contribution in [-0.2, 0) is 17.9 Å². The van der Waals surface area contributed by atoms with Crippen LogP contribution in [0, 0.1) is 5.82 Å². The van der Waals surface area contributed by atoms with Crippen LogP contribution in [0.1, 0.15) is 55.6 Å². The maximum Gasteiger partial charge on any atom is 0.274 e. The summed E-state index contributed by atoms with van der Waals surface area (Å²) in [6.45, 7) is 7.32. The highest BCUT2D eigenvalue weighted by Crippen LogP contribution is 2.37. The molecule has 0 unspecified atom stereocenters. The predicted molar refractivity (Wildman–Crippen MR) is 139 cm³/mol. The Labute approximate surface area is 212 Å². The van der Waals surface area contributed by atoms with E-state index in [1.54, 1.807) is 25.6 Å². The summed E-state index contributed by atoms with van der Waals surface area (Å²) in [6.07, 6.45) is 7.10. The summed E-state index contributed by atoms with van der Waals surface area (Å²) >= 11 is 0. The molecule has 8 heteroatoms. The third kappa shape index (κ3) is 5.87. The number of aromatic nitrogens is 2. The van der Waals surface area contributed by atoms with E-state index in [-0.39, 0.29) is 30.4 Å². The quantitative estimate of drug-likeness (QED) is 0.387. The number of nitrogens with one attached hydrogen (secondary N) is 1. The minimum absolute atomic E-state index is 0.00487. The zero-order valence-electron chi connectivity index (χ0n) is 21.5. The molecule has 1 saturated heterocycles. The molecule has 0 bridgehead atoms. The molecule has 0 aliphatic carbocycles. The average Bonchev–Trinajstić information content (AvgIpc) is 3.18. The van der Waals surface area contributed by atoms with E-state index in [9.17, 15) is 9.18 Å². The minimum atomic E-state index is -0.360. The molecule has 36 heavy (non-hydrogen) atoms. The molecule has 1 amide bonds. The number of aryl methyl sites for hydroxylation is 1. The van der Waals surface area contributed by atoms with Crippen LogP contribution in [0.15, 0.2) is 42.7 Å². The Bertz CT molecular complexity index is 1140. The second-order valence-corrected chi connectivity index (χ2v) is 9.65. The monoisotopic (exact) mass is 496 g/mol. The van der Waals surface area contributed by atoms with Gasteiger partial charge in [0, 0.05) is 62.2 Å². The van der Waals surface area contributed by atoms with Gasteiger partial charge in [0.25, 0.3) is 5.91 Å². The van der Waals surface area contributed by atoms with Gasteiger partial charge in [-0.05, 0) is 70.3 Å². The first kappa shape index (κ1) is 26.1. The number of unbranched alkanes of at least 4 members (excludes halogenated alkanes) is 1. The second-order valence-electron chi connectivity index (χ2n) is 9.65. The van der Waals surface area contributed by atoms with Gasteiger partial charge in [-0.2, -0.15) is 0 Å². The lowest BCUT2D eigenvalue weighted by Crippen LogP contribution is -2.52. The molecule has 1 atom stereocenters. The molecule has 4 rings (SSSR count). The number of methoxy groups -OCH3 is 1. The van der Waals surface area contributed by atoms with Crippen molar-refractivity contribution in [3.05, 3.63) is 59.8 Å². The number of carbonyl (C=O) groups excluding carboxylic acids is 1. The maximum absolute atomic E-state index is 14.5. The van der Waals surface area contributed by atoms with Crippen LogP contribution >= 0.6 is 0 Å². The first-order valence-electron chi connectivity index (χ1n) is 12.9. The number of halogens is 1. The van der Waals surface area contributed by atoms with Crippen molar-refractivity contribution < 1.29 is 18.7 Å². The molecule has 194 valence electrons. The third-order valence-electron chi connectivity index (χ3n) is 6.72. The van der Waals surface area contributed by atoms with Crippen molar-refractivity contribution in [2.45, 2.75) is 64.8 Å². The van der Waals surface area contributed by atoms with Gasteiger partial charge in [0.1, 0.15) is 12.4 Å². The van der Waals surface area contributed by atoms with E-state index >= 15 is 0 Å². The lowest BCUT2D eigenvalue weighted by Gasteiger charge is -2.38. The molecule has 1 aromatic carbocycles. The molecule has 0 radical (unpaired) electrons. The van der Waals surface area contributed by atoms with Crippen molar-refractivity contribution in [2.75, 3.05) is 26.8 Å². The lowest BCUT2D eigenvalue weighted by molar-refractivity contribution is 0.0557. The average molecular weight is 497 g/mol. The molecule has 2 aromatic heterocycles. The zero-order valence-corrected chi connectivity index (χ0v) is 21.5. The van der Waals surface area contributed by atoms with Gasteiger partial charge >= 0.3 is 0 Å². The number of nitrogens with zero attached hydrogens (tertiary/aromatic N) is 3. The highest BCUT2D eigenvalue weighted by Gasteiger charge is 2.34. The Morgan fingerprint density at radius 2 is 2.17 bits per heavy atom. The predicted octanol–water partition coefficient (Wildman–Crippen LogP) is 4.78. The Morgan fingerprint density at radius 1 is 1.31 bits per heavy atom. The summed E-state index contributed by atoms with van der Waals surface area (Å²) in [6, 6.07) is 8.53. The number of piperidine rings is 1. The van der Waals surface area contributed by atoms with Crippen molar-refractivity contribution in [1.29, 1.82) is 0 Å². The molecule has 1 aliphatic rings. The van der Waals surface area contributed by atoms with E-state index in [1.807, 2.05) is 35.4 Å². The molecule has 3 aromatic rings. The number of benzene rings is 1. The molecule has 1 N–H and O–H groups in total. The van der Waals surface area contributed by atoms with Gasteiger partial charge in [-0.3, -0.25) is 9.78 Å². The number of amides is 1. The lowest BCUT2D eigenvalue weighted by atomic mass is 10.0. The van der Waals surface area contributed by atoms with Crippen molar-refractivity contribution in [2.24, 2.45) is 0 Å². The standard InChI is InChI=1S/C28H37FN4O3/c1-20(2)33(23-9-7-13-31-18-23)28(34)26-27(36-19-21-8-6-12-30-17-21)24-16-22(29)10-11-25(24)32(26)14-4-5-15-35-3/h6,8,10-12,16-17,20,23,31H,4-5,7,9,13-15,18-19H2,1-3H3/t23-/m1/s1. The van der Waals surface area contributed by atoms with Crippen LogP contribution in [0.25, 0.3) is 10.9 Å². The Balaban J connectivity index is 1.80. The fourth-order valence-corrected chi connectivity index (χ4v) is 5.06. The van der Waals surface area contributed by atoms with E-state index in [2.05, 4.69) is 10.3 Å².